The van der Waals surface area contributed by atoms with Crippen molar-refractivity contribution in [1.82, 2.24) is 0 Å². The normalized spacial score (nSPS) is 13.9. The topological polar surface area (TPSA) is 38.3 Å². The Morgan fingerprint density at radius 2 is 1.77 bits per heavy atom. The summed E-state index contributed by atoms with van der Waals surface area (Å²) < 4.78 is 5.96. The van der Waals surface area contributed by atoms with Crippen LogP contribution in [0, 0.1) is 0 Å². The first-order valence-electron chi connectivity index (χ1n) is 10.6. The van der Waals surface area contributed by atoms with E-state index in [1.165, 1.54) is 29.5 Å². The minimum absolute atomic E-state index is 0.155. The van der Waals surface area contributed by atoms with Crippen LogP contribution < -0.4 is 10.1 Å². The molecule has 0 saturated heterocycles. The van der Waals surface area contributed by atoms with Crippen LogP contribution in [0.25, 0.3) is 0 Å². The van der Waals surface area contributed by atoms with Gasteiger partial charge in [0.15, 0.2) is 6.10 Å². The van der Waals surface area contributed by atoms with Crippen molar-refractivity contribution >= 4 is 35.0 Å². The van der Waals surface area contributed by atoms with Gasteiger partial charge in [0.25, 0.3) is 5.91 Å². The molecule has 1 N–H and O–H groups in total. The summed E-state index contributed by atoms with van der Waals surface area (Å²) in [6.07, 6.45) is 4.11. The lowest BCUT2D eigenvalue weighted by Gasteiger charge is -2.19. The second-order valence-electron chi connectivity index (χ2n) is 7.80. The molecule has 3 aromatic rings. The number of thioether (sulfide) groups is 1. The van der Waals surface area contributed by atoms with Gasteiger partial charge in [-0.3, -0.25) is 4.79 Å². The third-order valence-electron chi connectivity index (χ3n) is 5.45. The molecule has 0 aromatic heterocycles. The van der Waals surface area contributed by atoms with E-state index in [0.717, 1.165) is 39.9 Å². The van der Waals surface area contributed by atoms with Crippen molar-refractivity contribution in [3.63, 3.8) is 0 Å². The Morgan fingerprint density at radius 3 is 2.58 bits per heavy atom. The number of hydrogen-bond acceptors (Lipinski definition) is 3. The Balaban J connectivity index is 1.38. The minimum atomic E-state index is -0.587. The molecule has 0 radical (unpaired) electrons. The summed E-state index contributed by atoms with van der Waals surface area (Å²) in [5, 5.41) is 3.76. The lowest BCUT2D eigenvalue weighted by Crippen LogP contribution is -2.30. The third kappa shape index (κ3) is 5.84. The number of hydrogen-bond donors (Lipinski definition) is 1. The largest absolute Gasteiger partial charge is 0.481 e. The van der Waals surface area contributed by atoms with Gasteiger partial charge in [-0.25, -0.2) is 0 Å². The number of carbonyl (C=O) groups excluding carboxylic acids is 1. The SMILES string of the molecule is CC(Oc1ccc2c(c1)CCCC2)C(=O)Nc1ccccc1SCc1ccc(Cl)cc1. The van der Waals surface area contributed by atoms with Gasteiger partial charge in [-0.15, -0.1) is 11.8 Å². The number of aryl methyl sites for hydroxylation is 2. The Morgan fingerprint density at radius 1 is 1.03 bits per heavy atom. The maximum Gasteiger partial charge on any atom is 0.265 e. The van der Waals surface area contributed by atoms with Gasteiger partial charge in [-0.05, 0) is 85.7 Å². The van der Waals surface area contributed by atoms with Crippen molar-refractivity contribution < 1.29 is 9.53 Å². The Hall–Kier alpha value is -2.43. The summed E-state index contributed by atoms with van der Waals surface area (Å²) in [5.41, 5.74) is 4.73. The molecule has 0 heterocycles. The summed E-state index contributed by atoms with van der Waals surface area (Å²) in [6.45, 7) is 1.79. The molecule has 0 fully saturated rings. The standard InChI is InChI=1S/C26H26ClNO2S/c1-18(30-23-15-12-20-6-2-3-7-21(20)16-23)26(29)28-24-8-4-5-9-25(24)31-17-19-10-13-22(27)14-11-19/h4-5,8-16,18H,2-3,6-7,17H2,1H3,(H,28,29). The molecular formula is C26H26ClNO2S. The van der Waals surface area contributed by atoms with Gasteiger partial charge in [0, 0.05) is 15.7 Å². The molecular weight excluding hydrogens is 426 g/mol. The number of amides is 1. The van der Waals surface area contributed by atoms with Gasteiger partial charge in [0.1, 0.15) is 5.75 Å². The van der Waals surface area contributed by atoms with Crippen molar-refractivity contribution in [2.45, 2.75) is 49.4 Å². The van der Waals surface area contributed by atoms with Crippen LogP contribution in [-0.4, -0.2) is 12.0 Å². The number of para-hydroxylation sites is 1. The molecule has 5 heteroatoms. The molecule has 1 aliphatic carbocycles. The van der Waals surface area contributed by atoms with E-state index in [9.17, 15) is 4.79 Å². The highest BCUT2D eigenvalue weighted by Crippen LogP contribution is 2.31. The van der Waals surface area contributed by atoms with E-state index >= 15 is 0 Å². The maximum absolute atomic E-state index is 12.8. The third-order valence-corrected chi connectivity index (χ3v) is 6.85. The van der Waals surface area contributed by atoms with Gasteiger partial charge >= 0.3 is 0 Å². The van der Waals surface area contributed by atoms with Crippen LogP contribution in [0.1, 0.15) is 36.5 Å². The number of carbonyl (C=O) groups is 1. The highest BCUT2D eigenvalue weighted by Gasteiger charge is 2.18. The molecule has 1 atom stereocenters. The summed E-state index contributed by atoms with van der Waals surface area (Å²) in [4.78, 5) is 13.8. The van der Waals surface area contributed by atoms with E-state index in [1.54, 1.807) is 18.7 Å². The quantitative estimate of drug-likeness (QED) is 0.396. The molecule has 31 heavy (non-hydrogen) atoms. The maximum atomic E-state index is 12.8. The smallest absolute Gasteiger partial charge is 0.265 e. The van der Waals surface area contributed by atoms with E-state index in [4.69, 9.17) is 16.3 Å². The number of benzene rings is 3. The molecule has 0 bridgehead atoms. The number of fused-ring (bicyclic) bond motifs is 1. The monoisotopic (exact) mass is 451 g/mol. The first kappa shape index (κ1) is 21.8. The zero-order chi connectivity index (χ0) is 21.6. The second kappa shape index (κ2) is 10.3. The molecule has 0 aliphatic heterocycles. The van der Waals surface area contributed by atoms with Crippen molar-refractivity contribution in [3.8, 4) is 5.75 Å². The van der Waals surface area contributed by atoms with Crippen LogP contribution in [0.3, 0.4) is 0 Å². The van der Waals surface area contributed by atoms with Crippen molar-refractivity contribution in [2.75, 3.05) is 5.32 Å². The number of rotatable bonds is 7. The lowest BCUT2D eigenvalue weighted by molar-refractivity contribution is -0.122. The second-order valence-corrected chi connectivity index (χ2v) is 9.25. The highest BCUT2D eigenvalue weighted by molar-refractivity contribution is 7.98. The number of nitrogens with one attached hydrogen (secondary N) is 1. The molecule has 0 saturated carbocycles. The molecule has 160 valence electrons. The Bertz CT molecular complexity index is 1050. The minimum Gasteiger partial charge on any atom is -0.481 e. The zero-order valence-electron chi connectivity index (χ0n) is 17.6. The first-order chi connectivity index (χ1) is 15.1. The molecule has 3 aromatic carbocycles. The van der Waals surface area contributed by atoms with Crippen molar-refractivity contribution in [3.05, 3.63) is 88.4 Å². The zero-order valence-corrected chi connectivity index (χ0v) is 19.1. The van der Waals surface area contributed by atoms with Crippen LogP contribution in [0.5, 0.6) is 5.75 Å². The summed E-state index contributed by atoms with van der Waals surface area (Å²) in [7, 11) is 0. The van der Waals surface area contributed by atoms with Crippen molar-refractivity contribution in [2.24, 2.45) is 0 Å². The van der Waals surface area contributed by atoms with Gasteiger partial charge < -0.3 is 10.1 Å². The van der Waals surface area contributed by atoms with Crippen LogP contribution >= 0.6 is 23.4 Å². The fourth-order valence-electron chi connectivity index (χ4n) is 3.71. The molecule has 3 nitrogen and oxygen atoms in total. The fourth-order valence-corrected chi connectivity index (χ4v) is 4.80. The van der Waals surface area contributed by atoms with E-state index in [2.05, 4.69) is 17.4 Å². The predicted molar refractivity (Wildman–Crippen MR) is 129 cm³/mol. The fraction of sp³-hybridized carbons (Fsp3) is 0.269. The van der Waals surface area contributed by atoms with E-state index in [-0.39, 0.29) is 5.91 Å². The number of ether oxygens (including phenoxy) is 1. The average molecular weight is 452 g/mol. The molecule has 0 spiro atoms. The van der Waals surface area contributed by atoms with E-state index < -0.39 is 6.10 Å². The number of halogens is 1. The highest BCUT2D eigenvalue weighted by atomic mass is 35.5. The average Bonchev–Trinajstić information content (AvgIpc) is 2.79. The van der Waals surface area contributed by atoms with Crippen LogP contribution in [-0.2, 0) is 23.4 Å². The summed E-state index contributed by atoms with van der Waals surface area (Å²) in [6, 6.07) is 21.9. The predicted octanol–water partition coefficient (Wildman–Crippen LogP) is 6.92. The van der Waals surface area contributed by atoms with E-state index in [1.807, 2.05) is 54.6 Å². The molecule has 1 aliphatic rings. The van der Waals surface area contributed by atoms with E-state index in [0.29, 0.717) is 0 Å². The van der Waals surface area contributed by atoms with Crippen molar-refractivity contribution in [1.29, 1.82) is 0 Å². The summed E-state index contributed by atoms with van der Waals surface area (Å²) >= 11 is 7.65. The van der Waals surface area contributed by atoms with Gasteiger partial charge in [-0.1, -0.05) is 41.9 Å². The number of anilines is 1. The van der Waals surface area contributed by atoms with Gasteiger partial charge in [0.2, 0.25) is 0 Å². The van der Waals surface area contributed by atoms with Gasteiger partial charge in [-0.2, -0.15) is 0 Å². The molecule has 4 rings (SSSR count). The Kier molecular flexibility index (Phi) is 7.21. The van der Waals surface area contributed by atoms with Crippen LogP contribution in [0.15, 0.2) is 71.6 Å². The molecule has 1 amide bonds. The molecule has 1 unspecified atom stereocenters. The Labute approximate surface area is 193 Å². The first-order valence-corrected chi connectivity index (χ1v) is 12.0. The lowest BCUT2D eigenvalue weighted by atomic mass is 9.92. The summed E-state index contributed by atoms with van der Waals surface area (Å²) in [5.74, 6) is 1.40. The van der Waals surface area contributed by atoms with Gasteiger partial charge in [0.05, 0.1) is 5.69 Å². The van der Waals surface area contributed by atoms with Crippen LogP contribution in [0.2, 0.25) is 5.02 Å². The van der Waals surface area contributed by atoms with Crippen LogP contribution in [0.4, 0.5) is 5.69 Å².